The van der Waals surface area contributed by atoms with Gasteiger partial charge in [-0.05, 0) is 18.9 Å². The monoisotopic (exact) mass is 342 g/mol. The van der Waals surface area contributed by atoms with E-state index in [9.17, 15) is 9.59 Å². The predicted octanol–water partition coefficient (Wildman–Crippen LogP) is 1.55. The molecule has 25 heavy (non-hydrogen) atoms. The lowest BCUT2D eigenvalue weighted by atomic mass is 10.1. The summed E-state index contributed by atoms with van der Waals surface area (Å²) in [5, 5.41) is 7.79. The van der Waals surface area contributed by atoms with Gasteiger partial charge in [0.15, 0.2) is 5.69 Å². The van der Waals surface area contributed by atoms with Crippen molar-refractivity contribution >= 4 is 11.9 Å². The Balaban J connectivity index is 1.51. The van der Waals surface area contributed by atoms with Crippen LogP contribution in [0.2, 0.25) is 0 Å². The van der Waals surface area contributed by atoms with Crippen LogP contribution in [0.4, 0.5) is 0 Å². The largest absolute Gasteiger partial charge is 0.461 e. The van der Waals surface area contributed by atoms with Gasteiger partial charge in [-0.1, -0.05) is 35.5 Å². The highest BCUT2D eigenvalue weighted by Crippen LogP contribution is 2.20. The Labute approximate surface area is 146 Å². The second-order valence-corrected chi connectivity index (χ2v) is 6.19. The Hall–Kier alpha value is -2.70. The van der Waals surface area contributed by atoms with Crippen molar-refractivity contribution in [3.05, 3.63) is 47.8 Å². The molecule has 1 aromatic heterocycles. The molecule has 1 amide bonds. The highest BCUT2D eigenvalue weighted by molar-refractivity contribution is 5.86. The number of likely N-dealkylation sites (tertiary alicyclic amines) is 1. The molecule has 1 saturated heterocycles. The van der Waals surface area contributed by atoms with Gasteiger partial charge in [-0.25, -0.2) is 4.79 Å². The maximum absolute atomic E-state index is 12.2. The first-order valence-corrected chi connectivity index (χ1v) is 8.54. The Morgan fingerprint density at radius 1 is 1.32 bits per heavy atom. The molecule has 1 aliphatic heterocycles. The third-order valence-electron chi connectivity index (χ3n) is 4.28. The molecule has 0 N–H and O–H groups in total. The van der Waals surface area contributed by atoms with Crippen LogP contribution in [-0.2, 0) is 22.5 Å². The summed E-state index contributed by atoms with van der Waals surface area (Å²) < 4.78 is 6.52. The average Bonchev–Trinajstić information content (AvgIpc) is 3.21. The fourth-order valence-electron chi connectivity index (χ4n) is 3.05. The van der Waals surface area contributed by atoms with Crippen LogP contribution < -0.4 is 0 Å². The van der Waals surface area contributed by atoms with E-state index < -0.39 is 5.97 Å². The first-order valence-electron chi connectivity index (χ1n) is 8.54. The van der Waals surface area contributed by atoms with Crippen LogP contribution in [-0.4, -0.2) is 51.5 Å². The van der Waals surface area contributed by atoms with Crippen LogP contribution >= 0.6 is 0 Å². The van der Waals surface area contributed by atoms with Gasteiger partial charge in [-0.3, -0.25) is 9.48 Å². The van der Waals surface area contributed by atoms with Crippen LogP contribution in [0.1, 0.15) is 29.4 Å². The summed E-state index contributed by atoms with van der Waals surface area (Å²) in [5.41, 5.74) is 1.43. The molecule has 2 heterocycles. The molecule has 0 saturated carbocycles. The van der Waals surface area contributed by atoms with E-state index in [1.54, 1.807) is 17.8 Å². The number of esters is 1. The molecule has 1 unspecified atom stereocenters. The fraction of sp³-hybridized carbons (Fsp3) is 0.444. The Bertz CT molecular complexity index is 729. The molecule has 7 heteroatoms. The van der Waals surface area contributed by atoms with E-state index in [0.29, 0.717) is 26.1 Å². The van der Waals surface area contributed by atoms with E-state index in [1.807, 2.05) is 23.1 Å². The molecule has 1 aromatic carbocycles. The van der Waals surface area contributed by atoms with Crippen molar-refractivity contribution in [3.8, 4) is 0 Å². The molecule has 132 valence electrons. The minimum Gasteiger partial charge on any atom is -0.461 e. The number of nitrogens with zero attached hydrogens (tertiary/aromatic N) is 4. The average molecular weight is 342 g/mol. The van der Waals surface area contributed by atoms with Gasteiger partial charge in [0.2, 0.25) is 5.91 Å². The van der Waals surface area contributed by atoms with Gasteiger partial charge in [0, 0.05) is 32.0 Å². The smallest absolute Gasteiger partial charge is 0.360 e. The van der Waals surface area contributed by atoms with Crippen molar-refractivity contribution in [2.45, 2.75) is 26.3 Å². The summed E-state index contributed by atoms with van der Waals surface area (Å²) in [4.78, 5) is 25.7. The van der Waals surface area contributed by atoms with Crippen molar-refractivity contribution in [2.75, 3.05) is 19.7 Å². The predicted molar refractivity (Wildman–Crippen MR) is 90.8 cm³/mol. The van der Waals surface area contributed by atoms with Crippen LogP contribution in [0.15, 0.2) is 36.5 Å². The number of hydrogen-bond acceptors (Lipinski definition) is 5. The molecule has 0 radical (unpaired) electrons. The summed E-state index contributed by atoms with van der Waals surface area (Å²) in [6.07, 6.45) is 2.94. The summed E-state index contributed by atoms with van der Waals surface area (Å²) in [6.45, 7) is 4.06. The van der Waals surface area contributed by atoms with Gasteiger partial charge in [-0.15, -0.1) is 5.10 Å². The van der Waals surface area contributed by atoms with Crippen molar-refractivity contribution in [1.29, 1.82) is 0 Å². The summed E-state index contributed by atoms with van der Waals surface area (Å²) in [5.74, 6) is -0.118. The lowest BCUT2D eigenvalue weighted by Gasteiger charge is -2.16. The Morgan fingerprint density at radius 2 is 2.12 bits per heavy atom. The van der Waals surface area contributed by atoms with Crippen molar-refractivity contribution in [1.82, 2.24) is 19.9 Å². The van der Waals surface area contributed by atoms with Crippen molar-refractivity contribution in [2.24, 2.45) is 5.92 Å². The SMILES string of the molecule is CCOC(=O)c1cn(CC2CC(=O)N(CCc3ccccc3)C2)nn1. The third kappa shape index (κ3) is 4.43. The molecule has 1 aliphatic rings. The molecular weight excluding hydrogens is 320 g/mol. The molecular formula is C18H22N4O3. The van der Waals surface area contributed by atoms with E-state index in [4.69, 9.17) is 4.74 Å². The van der Waals surface area contributed by atoms with Crippen molar-refractivity contribution in [3.63, 3.8) is 0 Å². The topological polar surface area (TPSA) is 77.3 Å². The van der Waals surface area contributed by atoms with Gasteiger partial charge >= 0.3 is 5.97 Å². The standard InChI is InChI=1S/C18H22N4O3/c1-2-25-18(24)16-13-22(20-19-16)12-15-10-17(23)21(11-15)9-8-14-6-4-3-5-7-14/h3-7,13,15H,2,8-12H2,1H3. The summed E-state index contributed by atoms with van der Waals surface area (Å²) >= 11 is 0. The maximum Gasteiger partial charge on any atom is 0.360 e. The second kappa shape index (κ2) is 7.92. The molecule has 3 rings (SSSR count). The molecule has 1 fully saturated rings. The van der Waals surface area contributed by atoms with E-state index in [-0.39, 0.29) is 17.5 Å². The van der Waals surface area contributed by atoms with E-state index in [2.05, 4.69) is 22.4 Å². The quantitative estimate of drug-likeness (QED) is 0.714. The number of benzene rings is 1. The molecule has 0 bridgehead atoms. The zero-order valence-corrected chi connectivity index (χ0v) is 14.3. The number of amides is 1. The molecule has 0 spiro atoms. The number of ether oxygens (including phenoxy) is 1. The number of aromatic nitrogens is 3. The van der Waals surface area contributed by atoms with E-state index in [0.717, 1.165) is 13.0 Å². The number of hydrogen-bond donors (Lipinski definition) is 0. The summed E-state index contributed by atoms with van der Waals surface area (Å²) in [6, 6.07) is 10.2. The normalized spacial score (nSPS) is 17.1. The lowest BCUT2D eigenvalue weighted by molar-refractivity contribution is -0.127. The van der Waals surface area contributed by atoms with Crippen LogP contribution in [0, 0.1) is 5.92 Å². The zero-order chi connectivity index (χ0) is 17.6. The van der Waals surface area contributed by atoms with E-state index >= 15 is 0 Å². The third-order valence-corrected chi connectivity index (χ3v) is 4.28. The molecule has 0 aliphatic carbocycles. The Morgan fingerprint density at radius 3 is 2.88 bits per heavy atom. The van der Waals surface area contributed by atoms with Crippen LogP contribution in [0.3, 0.4) is 0 Å². The van der Waals surface area contributed by atoms with Crippen LogP contribution in [0.5, 0.6) is 0 Å². The maximum atomic E-state index is 12.2. The minimum absolute atomic E-state index is 0.173. The second-order valence-electron chi connectivity index (χ2n) is 6.19. The molecule has 7 nitrogen and oxygen atoms in total. The van der Waals surface area contributed by atoms with Crippen molar-refractivity contribution < 1.29 is 14.3 Å². The first-order chi connectivity index (χ1) is 12.2. The summed E-state index contributed by atoms with van der Waals surface area (Å²) in [7, 11) is 0. The zero-order valence-electron chi connectivity index (χ0n) is 14.3. The number of rotatable bonds is 7. The number of carbonyl (C=O) groups is 2. The Kier molecular flexibility index (Phi) is 5.42. The lowest BCUT2D eigenvalue weighted by Crippen LogP contribution is -2.28. The molecule has 2 aromatic rings. The van der Waals surface area contributed by atoms with E-state index in [1.165, 1.54) is 5.56 Å². The highest BCUT2D eigenvalue weighted by Gasteiger charge is 2.29. The van der Waals surface area contributed by atoms with Gasteiger partial charge in [0.05, 0.1) is 12.8 Å². The fourth-order valence-corrected chi connectivity index (χ4v) is 3.05. The van der Waals surface area contributed by atoms with Gasteiger partial charge in [-0.2, -0.15) is 0 Å². The number of carbonyl (C=O) groups excluding carboxylic acids is 2. The van der Waals surface area contributed by atoms with Gasteiger partial charge in [0.25, 0.3) is 0 Å². The van der Waals surface area contributed by atoms with Gasteiger partial charge in [0.1, 0.15) is 0 Å². The van der Waals surface area contributed by atoms with Gasteiger partial charge < -0.3 is 9.64 Å². The highest BCUT2D eigenvalue weighted by atomic mass is 16.5. The first kappa shape index (κ1) is 17.1. The minimum atomic E-state index is -0.472. The molecule has 1 atom stereocenters. The van der Waals surface area contributed by atoms with Crippen LogP contribution in [0.25, 0.3) is 0 Å².